The largest absolute Gasteiger partial charge is 0.489 e. The summed E-state index contributed by atoms with van der Waals surface area (Å²) in [5, 5.41) is 9.39. The molecular weight excluding hydrogens is 322 g/mol. The molecule has 0 atom stereocenters. The highest BCUT2D eigenvalue weighted by Crippen LogP contribution is 2.32. The number of ether oxygens (including phenoxy) is 2. The van der Waals surface area contributed by atoms with Gasteiger partial charge in [-0.15, -0.1) is 0 Å². The number of benzene rings is 1. The first-order valence-corrected chi connectivity index (χ1v) is 7.72. The molecule has 0 heterocycles. The van der Waals surface area contributed by atoms with Gasteiger partial charge in [-0.3, -0.25) is 5.84 Å². The van der Waals surface area contributed by atoms with Crippen molar-refractivity contribution in [1.82, 2.24) is 5.43 Å². The van der Waals surface area contributed by atoms with Crippen LogP contribution in [0.3, 0.4) is 0 Å². The zero-order valence-electron chi connectivity index (χ0n) is 12.5. The van der Waals surface area contributed by atoms with E-state index in [0.717, 1.165) is 25.7 Å². The maximum absolute atomic E-state index is 10.9. The lowest BCUT2D eigenvalue weighted by Crippen LogP contribution is -2.31. The van der Waals surface area contributed by atoms with Crippen molar-refractivity contribution in [1.29, 1.82) is 0 Å². The lowest BCUT2D eigenvalue weighted by molar-refractivity contribution is -0.133. The number of hydrogen-bond acceptors (Lipinski definition) is 6. The van der Waals surface area contributed by atoms with Crippen LogP contribution < -0.4 is 26.5 Å². The second kappa shape index (κ2) is 7.94. The van der Waals surface area contributed by atoms with Gasteiger partial charge >= 0.3 is 5.97 Å². The molecule has 0 spiro atoms. The number of carbonyl (C=O) groups is 1. The van der Waals surface area contributed by atoms with Gasteiger partial charge in [-0.05, 0) is 37.8 Å². The van der Waals surface area contributed by atoms with Crippen LogP contribution in [0.1, 0.15) is 32.1 Å². The number of nitrogens with two attached hydrogens (primary N) is 2. The first-order chi connectivity index (χ1) is 11.0. The van der Waals surface area contributed by atoms with Crippen LogP contribution in [0.15, 0.2) is 29.8 Å². The Hall–Kier alpha value is -2.12. The summed E-state index contributed by atoms with van der Waals surface area (Å²) in [5.41, 5.74) is 7.14. The maximum atomic E-state index is 10.9. The molecule has 6 N–H and O–H groups in total. The second-order valence-corrected chi connectivity index (χ2v) is 5.67. The molecule has 0 saturated heterocycles. The van der Waals surface area contributed by atoms with Crippen LogP contribution in [0, 0.1) is 0 Å². The number of hydrogen-bond donors (Lipinski definition) is 4. The third-order valence-electron chi connectivity index (χ3n) is 3.58. The minimum Gasteiger partial charge on any atom is -0.489 e. The van der Waals surface area contributed by atoms with Gasteiger partial charge in [-0.25, -0.2) is 4.79 Å². The Morgan fingerprint density at radius 2 is 2.00 bits per heavy atom. The van der Waals surface area contributed by atoms with E-state index in [-0.39, 0.29) is 12.0 Å². The molecule has 0 radical (unpaired) electrons. The minimum atomic E-state index is -1.32. The molecule has 7 nitrogen and oxygen atoms in total. The van der Waals surface area contributed by atoms with E-state index in [1.54, 1.807) is 18.2 Å². The molecule has 0 aliphatic heterocycles. The van der Waals surface area contributed by atoms with Gasteiger partial charge in [0.25, 0.3) is 0 Å². The highest BCUT2D eigenvalue weighted by molar-refractivity contribution is 6.32. The highest BCUT2D eigenvalue weighted by atomic mass is 35.5. The van der Waals surface area contributed by atoms with E-state index >= 15 is 0 Å². The van der Waals surface area contributed by atoms with Crippen LogP contribution in [0.2, 0.25) is 5.02 Å². The van der Waals surface area contributed by atoms with Crippen LogP contribution in [0.25, 0.3) is 0 Å². The highest BCUT2D eigenvalue weighted by Gasteiger charge is 2.18. The summed E-state index contributed by atoms with van der Waals surface area (Å²) < 4.78 is 11.2. The number of rotatable bonds is 6. The SMILES string of the molecule is NN/C(C(=O)O)=C(\N)Oc1ccc(Cl)c(OC2CCCCC2)c1. The standard InChI is InChI=1S/C15H20ClN3O4/c16-11-7-6-10(23-14(17)13(19-18)15(20)21)8-12(11)22-9-4-2-1-3-5-9/h6-9,19H,1-5,17-18H2,(H,20,21)/b14-13+. The van der Waals surface area contributed by atoms with Crippen molar-refractivity contribution in [2.45, 2.75) is 38.2 Å². The van der Waals surface area contributed by atoms with Crippen molar-refractivity contribution in [3.63, 3.8) is 0 Å². The number of aliphatic carboxylic acids is 1. The quantitative estimate of drug-likeness (QED) is 0.270. The third kappa shape index (κ3) is 4.67. The predicted octanol–water partition coefficient (Wildman–Crippen LogP) is 2.11. The summed E-state index contributed by atoms with van der Waals surface area (Å²) in [4.78, 5) is 10.9. The summed E-state index contributed by atoms with van der Waals surface area (Å²) in [6, 6.07) is 4.76. The Kier molecular flexibility index (Phi) is 5.95. The van der Waals surface area contributed by atoms with E-state index in [0.29, 0.717) is 16.5 Å². The summed E-state index contributed by atoms with van der Waals surface area (Å²) in [6.45, 7) is 0. The average molecular weight is 342 g/mol. The van der Waals surface area contributed by atoms with Gasteiger partial charge in [0.05, 0.1) is 11.1 Å². The van der Waals surface area contributed by atoms with E-state index in [2.05, 4.69) is 0 Å². The van der Waals surface area contributed by atoms with Gasteiger partial charge in [0, 0.05) is 6.07 Å². The van der Waals surface area contributed by atoms with Gasteiger partial charge < -0.3 is 25.7 Å². The van der Waals surface area contributed by atoms with Crippen LogP contribution in [-0.2, 0) is 4.79 Å². The third-order valence-corrected chi connectivity index (χ3v) is 3.89. The predicted molar refractivity (Wildman–Crippen MR) is 85.8 cm³/mol. The lowest BCUT2D eigenvalue weighted by Gasteiger charge is -2.23. The first-order valence-electron chi connectivity index (χ1n) is 7.35. The molecule has 8 heteroatoms. The fourth-order valence-electron chi connectivity index (χ4n) is 2.42. The summed E-state index contributed by atoms with van der Waals surface area (Å²) in [5.74, 6) is 4.23. The second-order valence-electron chi connectivity index (χ2n) is 5.26. The van der Waals surface area contributed by atoms with Gasteiger partial charge in [0.2, 0.25) is 5.88 Å². The zero-order chi connectivity index (χ0) is 16.8. The molecule has 1 aromatic rings. The molecule has 0 bridgehead atoms. The molecule has 1 saturated carbocycles. The smallest absolute Gasteiger partial charge is 0.358 e. The van der Waals surface area contributed by atoms with E-state index in [1.807, 2.05) is 5.43 Å². The fraction of sp³-hybridized carbons (Fsp3) is 0.400. The molecule has 0 unspecified atom stereocenters. The summed E-state index contributed by atoms with van der Waals surface area (Å²) >= 11 is 6.14. The van der Waals surface area contributed by atoms with Crippen LogP contribution in [-0.4, -0.2) is 17.2 Å². The normalized spacial score (nSPS) is 16.4. The van der Waals surface area contributed by atoms with Crippen molar-refractivity contribution >= 4 is 17.6 Å². The van der Waals surface area contributed by atoms with Crippen LogP contribution in [0.5, 0.6) is 11.5 Å². The molecule has 1 fully saturated rings. The molecular formula is C15H20ClN3O4. The fourth-order valence-corrected chi connectivity index (χ4v) is 2.58. The van der Waals surface area contributed by atoms with Gasteiger partial charge in [-0.1, -0.05) is 18.0 Å². The van der Waals surface area contributed by atoms with E-state index in [9.17, 15) is 4.79 Å². The van der Waals surface area contributed by atoms with Crippen molar-refractivity contribution in [3.05, 3.63) is 34.8 Å². The van der Waals surface area contributed by atoms with Crippen molar-refractivity contribution < 1.29 is 19.4 Å². The van der Waals surface area contributed by atoms with Gasteiger partial charge in [0.1, 0.15) is 11.5 Å². The van der Waals surface area contributed by atoms with Crippen LogP contribution >= 0.6 is 11.6 Å². The van der Waals surface area contributed by atoms with E-state index < -0.39 is 11.7 Å². The van der Waals surface area contributed by atoms with E-state index in [4.69, 9.17) is 37.8 Å². The zero-order valence-corrected chi connectivity index (χ0v) is 13.3. The molecule has 23 heavy (non-hydrogen) atoms. The molecule has 1 aromatic carbocycles. The number of halogens is 1. The van der Waals surface area contributed by atoms with Gasteiger partial charge in [0.15, 0.2) is 5.70 Å². The molecule has 0 amide bonds. The summed E-state index contributed by atoms with van der Waals surface area (Å²) in [6.07, 6.45) is 5.61. The number of carboxylic acids is 1. The van der Waals surface area contributed by atoms with Crippen LogP contribution in [0.4, 0.5) is 0 Å². The van der Waals surface area contributed by atoms with E-state index in [1.165, 1.54) is 6.42 Å². The lowest BCUT2D eigenvalue weighted by atomic mass is 9.98. The topological polar surface area (TPSA) is 120 Å². The van der Waals surface area contributed by atoms with Crippen molar-refractivity contribution in [2.75, 3.05) is 0 Å². The average Bonchev–Trinajstić information content (AvgIpc) is 2.52. The monoisotopic (exact) mass is 341 g/mol. The minimum absolute atomic E-state index is 0.129. The Morgan fingerprint density at radius 1 is 1.30 bits per heavy atom. The number of nitrogens with one attached hydrogen (secondary N) is 1. The molecule has 1 aliphatic carbocycles. The van der Waals surface area contributed by atoms with Gasteiger partial charge in [-0.2, -0.15) is 0 Å². The Bertz CT molecular complexity index is 600. The number of carboxylic acid groups (broad SMARTS) is 1. The first kappa shape index (κ1) is 17.2. The maximum Gasteiger partial charge on any atom is 0.358 e. The number of hydrazine groups is 1. The Morgan fingerprint density at radius 3 is 2.61 bits per heavy atom. The summed E-state index contributed by atoms with van der Waals surface area (Å²) in [7, 11) is 0. The molecule has 0 aromatic heterocycles. The van der Waals surface area contributed by atoms with Crippen molar-refractivity contribution in [3.8, 4) is 11.5 Å². The molecule has 1 aliphatic rings. The van der Waals surface area contributed by atoms with Crippen molar-refractivity contribution in [2.24, 2.45) is 11.6 Å². The molecule has 126 valence electrons. The Balaban J connectivity index is 2.14. The Labute approximate surface area is 139 Å². The molecule has 2 rings (SSSR count).